The zero-order chi connectivity index (χ0) is 18.1. The van der Waals surface area contributed by atoms with Crippen molar-refractivity contribution >= 4 is 50.7 Å². The van der Waals surface area contributed by atoms with Crippen molar-refractivity contribution in [3.63, 3.8) is 0 Å². The number of thiazole rings is 1. The Morgan fingerprint density at radius 3 is 2.96 bits per heavy atom. The monoisotopic (exact) mass is 384 g/mol. The van der Waals surface area contributed by atoms with Gasteiger partial charge in [-0.05, 0) is 19.1 Å². The van der Waals surface area contributed by atoms with E-state index in [9.17, 15) is 9.59 Å². The number of anilines is 1. The molecule has 10 heteroatoms. The molecule has 130 valence electrons. The molecule has 1 N–H and O–H groups in total. The summed E-state index contributed by atoms with van der Waals surface area (Å²) in [4.78, 5) is 36.8. The van der Waals surface area contributed by atoms with Crippen molar-refractivity contribution in [1.29, 1.82) is 0 Å². The number of amides is 1. The number of carbonyl (C=O) groups excluding carboxylic acids is 1. The van der Waals surface area contributed by atoms with Crippen LogP contribution in [0.25, 0.3) is 16.6 Å². The Morgan fingerprint density at radius 2 is 2.15 bits per heavy atom. The number of nitrogens with one attached hydrogen (secondary N) is 1. The predicted octanol–water partition coefficient (Wildman–Crippen LogP) is 2.13. The van der Waals surface area contributed by atoms with E-state index < -0.39 is 0 Å². The van der Waals surface area contributed by atoms with Crippen LogP contribution in [0.5, 0.6) is 0 Å². The van der Waals surface area contributed by atoms with Crippen LogP contribution in [0.3, 0.4) is 0 Å². The Morgan fingerprint density at radius 1 is 1.31 bits per heavy atom. The van der Waals surface area contributed by atoms with Gasteiger partial charge in [0.2, 0.25) is 5.91 Å². The number of thioether (sulfide) groups is 1. The van der Waals surface area contributed by atoms with Crippen molar-refractivity contribution in [3.05, 3.63) is 51.9 Å². The smallest absolute Gasteiger partial charge is 0.294 e. The highest BCUT2D eigenvalue weighted by Crippen LogP contribution is 2.23. The minimum absolute atomic E-state index is 0.132. The highest BCUT2D eigenvalue weighted by Gasteiger charge is 2.14. The van der Waals surface area contributed by atoms with Crippen LogP contribution in [0.1, 0.15) is 5.69 Å². The van der Waals surface area contributed by atoms with Crippen LogP contribution in [0.15, 0.2) is 45.8 Å². The van der Waals surface area contributed by atoms with Crippen molar-refractivity contribution in [3.8, 4) is 0 Å². The third-order valence-electron chi connectivity index (χ3n) is 3.52. The maximum absolute atomic E-state index is 12.1. The maximum Gasteiger partial charge on any atom is 0.294 e. The van der Waals surface area contributed by atoms with Crippen molar-refractivity contribution in [2.45, 2.75) is 12.1 Å². The summed E-state index contributed by atoms with van der Waals surface area (Å²) in [7, 11) is 0. The fraction of sp³-hybridized carbons (Fsp3) is 0.125. The molecule has 0 unspecified atom stereocenters. The van der Waals surface area contributed by atoms with Crippen molar-refractivity contribution in [2.24, 2.45) is 0 Å². The molecule has 0 aliphatic heterocycles. The molecular formula is C16H12N6O2S2. The van der Waals surface area contributed by atoms with Gasteiger partial charge in [0, 0.05) is 17.0 Å². The fourth-order valence-corrected chi connectivity index (χ4v) is 3.64. The molecule has 8 nitrogen and oxygen atoms in total. The third kappa shape index (κ3) is 3.16. The van der Waals surface area contributed by atoms with Gasteiger partial charge >= 0.3 is 0 Å². The zero-order valence-corrected chi connectivity index (χ0v) is 15.2. The maximum atomic E-state index is 12.1. The Labute approximate surface area is 155 Å². The van der Waals surface area contributed by atoms with Gasteiger partial charge in [-0.15, -0.1) is 11.3 Å². The van der Waals surface area contributed by atoms with E-state index in [2.05, 4.69) is 25.4 Å². The van der Waals surface area contributed by atoms with Crippen molar-refractivity contribution in [1.82, 2.24) is 24.6 Å². The standard InChI is InChI=1S/C16H12N6O2S2/c1-9-14(24)20-13-10-4-2-3-5-11(10)18-16(22(13)21-9)26-8-12(23)19-15-17-6-7-25-15/h2-7H,8H2,1H3,(H,17,19,23). The van der Waals surface area contributed by atoms with E-state index in [1.165, 1.54) is 27.6 Å². The van der Waals surface area contributed by atoms with Gasteiger partial charge in [0.1, 0.15) is 5.69 Å². The Bertz CT molecular complexity index is 1170. The molecule has 3 heterocycles. The summed E-state index contributed by atoms with van der Waals surface area (Å²) in [6.45, 7) is 1.60. The highest BCUT2D eigenvalue weighted by atomic mass is 32.2. The minimum Gasteiger partial charge on any atom is -0.301 e. The number of carbonyl (C=O) groups is 1. The number of nitrogens with zero attached hydrogens (tertiary/aromatic N) is 5. The quantitative estimate of drug-likeness (QED) is 0.327. The van der Waals surface area contributed by atoms with Crippen molar-refractivity contribution < 1.29 is 4.79 Å². The van der Waals surface area contributed by atoms with Gasteiger partial charge in [-0.2, -0.15) is 14.6 Å². The number of rotatable bonds is 4. The van der Waals surface area contributed by atoms with Crippen LogP contribution < -0.4 is 10.9 Å². The molecule has 0 radical (unpaired) electrons. The second-order valence-corrected chi connectivity index (χ2v) is 7.16. The van der Waals surface area contributed by atoms with Crippen LogP contribution in [-0.2, 0) is 4.79 Å². The number of fused-ring (bicyclic) bond motifs is 3. The normalized spacial score (nSPS) is 11.1. The first-order chi connectivity index (χ1) is 12.6. The second-order valence-electron chi connectivity index (χ2n) is 5.32. The van der Waals surface area contributed by atoms with Crippen molar-refractivity contribution in [2.75, 3.05) is 11.1 Å². The first-order valence-electron chi connectivity index (χ1n) is 7.60. The largest absolute Gasteiger partial charge is 0.301 e. The van der Waals surface area contributed by atoms with Gasteiger partial charge in [-0.25, -0.2) is 9.97 Å². The molecular weight excluding hydrogens is 372 g/mol. The first-order valence-corrected chi connectivity index (χ1v) is 9.47. The topological polar surface area (TPSA) is 102 Å². The lowest BCUT2D eigenvalue weighted by molar-refractivity contribution is -0.113. The number of para-hydroxylation sites is 1. The molecule has 4 rings (SSSR count). The average molecular weight is 384 g/mol. The van der Waals surface area contributed by atoms with Gasteiger partial charge in [0.25, 0.3) is 5.56 Å². The van der Waals surface area contributed by atoms with E-state index in [0.29, 0.717) is 21.5 Å². The summed E-state index contributed by atoms with van der Waals surface area (Å²) in [5.41, 5.74) is 1.01. The zero-order valence-electron chi connectivity index (χ0n) is 13.5. The Hall–Kier alpha value is -2.85. The molecule has 26 heavy (non-hydrogen) atoms. The number of aromatic nitrogens is 5. The molecule has 0 spiro atoms. The lowest BCUT2D eigenvalue weighted by atomic mass is 10.2. The van der Waals surface area contributed by atoms with Crippen LogP contribution in [0, 0.1) is 6.92 Å². The summed E-state index contributed by atoms with van der Waals surface area (Å²) in [6.07, 6.45) is 1.63. The number of hydrogen-bond donors (Lipinski definition) is 1. The molecule has 0 saturated heterocycles. The predicted molar refractivity (Wildman–Crippen MR) is 101 cm³/mol. The lowest BCUT2D eigenvalue weighted by Gasteiger charge is -2.09. The van der Waals surface area contributed by atoms with E-state index >= 15 is 0 Å². The van der Waals surface area contributed by atoms with Gasteiger partial charge in [0.05, 0.1) is 11.3 Å². The van der Waals surface area contributed by atoms with E-state index in [0.717, 1.165) is 5.39 Å². The van der Waals surface area contributed by atoms with Crippen LogP contribution >= 0.6 is 23.1 Å². The molecule has 0 bridgehead atoms. The summed E-state index contributed by atoms with van der Waals surface area (Å²) >= 11 is 2.57. The molecule has 0 fully saturated rings. The van der Waals surface area contributed by atoms with Gasteiger partial charge in [-0.1, -0.05) is 23.9 Å². The summed E-state index contributed by atoms with van der Waals surface area (Å²) in [5.74, 6) is -0.0637. The van der Waals surface area contributed by atoms with Gasteiger partial charge in [-0.3, -0.25) is 9.59 Å². The molecule has 0 aliphatic rings. The summed E-state index contributed by atoms with van der Waals surface area (Å²) < 4.78 is 1.51. The lowest BCUT2D eigenvalue weighted by Crippen LogP contribution is -2.19. The van der Waals surface area contributed by atoms with Crippen LogP contribution in [0.2, 0.25) is 0 Å². The number of hydrogen-bond acceptors (Lipinski definition) is 8. The second kappa shape index (κ2) is 6.81. The number of aryl methyl sites for hydroxylation is 1. The molecule has 1 amide bonds. The van der Waals surface area contributed by atoms with Crippen LogP contribution in [-0.4, -0.2) is 36.2 Å². The molecule has 0 aliphatic carbocycles. The van der Waals surface area contributed by atoms with Crippen LogP contribution in [0.4, 0.5) is 5.13 Å². The molecule has 0 saturated carbocycles. The molecule has 0 atom stereocenters. The average Bonchev–Trinajstić information content (AvgIpc) is 3.14. The molecule has 3 aromatic heterocycles. The van der Waals surface area contributed by atoms with E-state index in [1.54, 1.807) is 18.5 Å². The van der Waals surface area contributed by atoms with Gasteiger partial charge in [0.15, 0.2) is 15.9 Å². The van der Waals surface area contributed by atoms with E-state index in [1.807, 2.05) is 24.3 Å². The first kappa shape index (κ1) is 16.6. The highest BCUT2D eigenvalue weighted by molar-refractivity contribution is 7.99. The third-order valence-corrected chi connectivity index (χ3v) is 5.14. The molecule has 1 aromatic carbocycles. The SMILES string of the molecule is Cc1nn2c(SCC(=O)Nc3nccs3)nc3ccccc3c2nc1=O. The summed E-state index contributed by atoms with van der Waals surface area (Å²) in [6, 6.07) is 7.38. The molecule has 4 aromatic rings. The summed E-state index contributed by atoms with van der Waals surface area (Å²) in [5, 5.41) is 10.6. The van der Waals surface area contributed by atoms with Gasteiger partial charge < -0.3 is 5.32 Å². The Kier molecular flexibility index (Phi) is 4.35. The Balaban J connectivity index is 1.72. The fourth-order valence-electron chi connectivity index (χ4n) is 2.35. The van der Waals surface area contributed by atoms with E-state index in [4.69, 9.17) is 0 Å². The van der Waals surface area contributed by atoms with E-state index in [-0.39, 0.29) is 22.9 Å². The number of benzene rings is 1. The minimum atomic E-state index is -0.376.